The third kappa shape index (κ3) is 2.64. The molecule has 0 spiro atoms. The van der Waals surface area contributed by atoms with Gasteiger partial charge in [-0.1, -0.05) is 0 Å². The number of methoxy groups -OCH3 is 1. The van der Waals surface area contributed by atoms with E-state index in [2.05, 4.69) is 31.3 Å². The van der Waals surface area contributed by atoms with E-state index in [9.17, 15) is 5.11 Å². The van der Waals surface area contributed by atoms with Crippen molar-refractivity contribution in [3.05, 3.63) is 58.7 Å². The second-order valence-electron chi connectivity index (χ2n) is 6.85. The molecule has 4 rings (SSSR count). The van der Waals surface area contributed by atoms with E-state index >= 15 is 0 Å². The number of halogens is 1. The summed E-state index contributed by atoms with van der Waals surface area (Å²) in [6.45, 7) is 2.21. The second-order valence-corrected chi connectivity index (χ2v) is 6.85. The topological polar surface area (TPSA) is 29.5 Å². The Balaban J connectivity index is 0.00000156. The summed E-state index contributed by atoms with van der Waals surface area (Å²) in [5.74, 6) is 1.32. The van der Waals surface area contributed by atoms with Gasteiger partial charge >= 0.3 is 0 Å². The zero-order valence-corrected chi connectivity index (χ0v) is 15.1. The van der Waals surface area contributed by atoms with Crippen molar-refractivity contribution in [2.75, 3.05) is 20.7 Å². The van der Waals surface area contributed by atoms with Crippen LogP contribution in [-0.2, 0) is 19.4 Å². The van der Waals surface area contributed by atoms with E-state index in [1.807, 2.05) is 12.1 Å². The molecule has 4 heteroatoms. The van der Waals surface area contributed by atoms with E-state index in [0.29, 0.717) is 11.8 Å². The number of rotatable bonds is 1. The van der Waals surface area contributed by atoms with Crippen LogP contribution in [0.5, 0.6) is 11.5 Å². The summed E-state index contributed by atoms with van der Waals surface area (Å²) in [6, 6.07) is 12.9. The predicted octanol–water partition coefficient (Wildman–Crippen LogP) is 0.205. The van der Waals surface area contributed by atoms with Crippen molar-refractivity contribution < 1.29 is 31.3 Å². The van der Waals surface area contributed by atoms with Crippen molar-refractivity contribution >= 4 is 0 Å². The van der Waals surface area contributed by atoms with Gasteiger partial charge in [0, 0.05) is 24.0 Å². The van der Waals surface area contributed by atoms with Crippen LogP contribution in [0, 0.1) is 0 Å². The van der Waals surface area contributed by atoms with Crippen LogP contribution in [0.25, 0.3) is 0 Å². The minimum atomic E-state index is 0. The Morgan fingerprint density at radius 2 is 1.91 bits per heavy atom. The maximum atomic E-state index is 9.75. The van der Waals surface area contributed by atoms with Crippen LogP contribution in [-0.4, -0.2) is 30.3 Å². The molecule has 2 aromatic carbocycles. The summed E-state index contributed by atoms with van der Waals surface area (Å²) < 4.78 is 6.46. The molecular formula is C19H22BrNO2. The van der Waals surface area contributed by atoms with Gasteiger partial charge in [-0.3, -0.25) is 0 Å². The molecule has 3 nitrogen and oxygen atoms in total. The first-order valence-corrected chi connectivity index (χ1v) is 7.91. The van der Waals surface area contributed by atoms with Crippen molar-refractivity contribution in [2.45, 2.75) is 25.4 Å². The van der Waals surface area contributed by atoms with Gasteiger partial charge in [-0.05, 0) is 47.5 Å². The maximum Gasteiger partial charge on any atom is 0.119 e. The average Bonchev–Trinajstić information content (AvgIpc) is 2.52. The molecule has 0 saturated carbocycles. The zero-order chi connectivity index (χ0) is 15.3. The highest BCUT2D eigenvalue weighted by Crippen LogP contribution is 2.44. The van der Waals surface area contributed by atoms with Crippen molar-refractivity contribution in [3.63, 3.8) is 0 Å². The first kappa shape index (κ1) is 16.3. The van der Waals surface area contributed by atoms with Crippen LogP contribution < -0.4 is 21.7 Å². The van der Waals surface area contributed by atoms with Gasteiger partial charge in [-0.25, -0.2) is 0 Å². The quantitative estimate of drug-likeness (QED) is 0.721. The molecular weight excluding hydrogens is 354 g/mol. The fourth-order valence-corrected chi connectivity index (χ4v) is 4.19. The Labute approximate surface area is 147 Å². The molecule has 0 bridgehead atoms. The number of likely N-dealkylation sites (N-methyl/N-ethyl adjacent to an activating group) is 1. The summed E-state index contributed by atoms with van der Waals surface area (Å²) in [7, 11) is 4.09. The Bertz CT molecular complexity index is 746. The highest BCUT2D eigenvalue weighted by molar-refractivity contribution is 5.42. The highest BCUT2D eigenvalue weighted by Gasteiger charge is 2.42. The summed E-state index contributed by atoms with van der Waals surface area (Å²) in [5, 5.41) is 9.75. The summed E-state index contributed by atoms with van der Waals surface area (Å²) in [5.41, 5.74) is 5.56. The molecule has 122 valence electrons. The third-order valence-corrected chi connectivity index (χ3v) is 5.49. The van der Waals surface area contributed by atoms with E-state index in [-0.39, 0.29) is 17.0 Å². The van der Waals surface area contributed by atoms with Crippen molar-refractivity contribution in [1.82, 2.24) is 0 Å². The number of hydrogen-bond donors (Lipinski definition) is 1. The van der Waals surface area contributed by atoms with Gasteiger partial charge in [0.1, 0.15) is 24.1 Å². The van der Waals surface area contributed by atoms with Crippen LogP contribution in [0.1, 0.15) is 28.3 Å². The fourth-order valence-electron chi connectivity index (χ4n) is 4.19. The molecule has 2 aromatic rings. The summed E-state index contributed by atoms with van der Waals surface area (Å²) in [4.78, 5) is 0. The van der Waals surface area contributed by atoms with Crippen LogP contribution in [0.2, 0.25) is 0 Å². The molecule has 23 heavy (non-hydrogen) atoms. The number of quaternary nitrogens is 1. The van der Waals surface area contributed by atoms with Gasteiger partial charge < -0.3 is 31.3 Å². The molecule has 1 N–H and O–H groups in total. The molecule has 2 aliphatic heterocycles. The molecule has 2 unspecified atom stereocenters. The Morgan fingerprint density at radius 1 is 1.09 bits per heavy atom. The Kier molecular flexibility index (Phi) is 4.15. The standard InChI is InChI=1S/C19H21NO2.BrH/c1-20-8-7-13-9-16(21)4-6-18(13)19(20)11-15-10-17(22-2)5-3-14(15)12-20;/h3-6,9-10,19H,7-8,11-12H2,1-2H3;1H. The van der Waals surface area contributed by atoms with Gasteiger partial charge in [0.05, 0.1) is 20.7 Å². The number of fused-ring (bicyclic) bond motifs is 4. The summed E-state index contributed by atoms with van der Waals surface area (Å²) >= 11 is 0. The lowest BCUT2D eigenvalue weighted by Crippen LogP contribution is -3.00. The van der Waals surface area contributed by atoms with Crippen molar-refractivity contribution in [2.24, 2.45) is 0 Å². The zero-order valence-electron chi connectivity index (χ0n) is 13.6. The predicted molar refractivity (Wildman–Crippen MR) is 86.0 cm³/mol. The van der Waals surface area contributed by atoms with Crippen LogP contribution >= 0.6 is 0 Å². The number of phenols is 1. The first-order chi connectivity index (χ1) is 10.6. The first-order valence-electron chi connectivity index (χ1n) is 7.91. The Hall–Kier alpha value is -1.52. The van der Waals surface area contributed by atoms with E-state index in [0.717, 1.165) is 36.2 Å². The fraction of sp³-hybridized carbons (Fsp3) is 0.368. The lowest BCUT2D eigenvalue weighted by molar-refractivity contribution is -0.956. The monoisotopic (exact) mass is 375 g/mol. The number of nitrogens with zero attached hydrogens (tertiary/aromatic N) is 1. The number of hydrogen-bond acceptors (Lipinski definition) is 2. The van der Waals surface area contributed by atoms with Crippen LogP contribution in [0.15, 0.2) is 36.4 Å². The smallest absolute Gasteiger partial charge is 0.119 e. The number of benzene rings is 2. The largest absolute Gasteiger partial charge is 1.00 e. The molecule has 2 aliphatic rings. The molecule has 0 aliphatic carbocycles. The molecule has 0 radical (unpaired) electrons. The molecule has 0 aromatic heterocycles. The maximum absolute atomic E-state index is 9.75. The van der Waals surface area contributed by atoms with Gasteiger partial charge in [-0.2, -0.15) is 0 Å². The lowest BCUT2D eigenvalue weighted by atomic mass is 9.82. The molecule has 0 amide bonds. The van der Waals surface area contributed by atoms with Crippen molar-refractivity contribution in [1.29, 1.82) is 0 Å². The van der Waals surface area contributed by atoms with E-state index in [1.54, 1.807) is 7.11 Å². The van der Waals surface area contributed by atoms with Crippen LogP contribution in [0.3, 0.4) is 0 Å². The average molecular weight is 376 g/mol. The van der Waals surface area contributed by atoms with E-state index in [4.69, 9.17) is 4.74 Å². The minimum Gasteiger partial charge on any atom is -1.00 e. The number of aromatic hydroxyl groups is 1. The van der Waals surface area contributed by atoms with Gasteiger partial charge in [0.25, 0.3) is 0 Å². The lowest BCUT2D eigenvalue weighted by Gasteiger charge is -2.48. The third-order valence-electron chi connectivity index (χ3n) is 5.49. The number of phenolic OH excluding ortho intramolecular Hbond substituents is 1. The number of ether oxygens (including phenoxy) is 1. The highest BCUT2D eigenvalue weighted by atomic mass is 79.9. The second kappa shape index (κ2) is 5.84. The van der Waals surface area contributed by atoms with Gasteiger partial charge in [0.2, 0.25) is 0 Å². The molecule has 0 saturated heterocycles. The summed E-state index contributed by atoms with van der Waals surface area (Å²) in [6.07, 6.45) is 2.09. The molecule has 2 atom stereocenters. The SMILES string of the molecule is COc1ccc2c(c1)CC1c3ccc(O)cc3CC[N+]1(C)C2.[Br-]. The van der Waals surface area contributed by atoms with E-state index < -0.39 is 0 Å². The minimum absolute atomic E-state index is 0. The van der Waals surface area contributed by atoms with Crippen LogP contribution in [0.4, 0.5) is 0 Å². The normalized spacial score (nSPS) is 24.7. The molecule has 2 heterocycles. The molecule has 0 fully saturated rings. The van der Waals surface area contributed by atoms with Gasteiger partial charge in [0.15, 0.2) is 0 Å². The van der Waals surface area contributed by atoms with Crippen molar-refractivity contribution in [3.8, 4) is 11.5 Å². The van der Waals surface area contributed by atoms with Gasteiger partial charge in [-0.15, -0.1) is 0 Å². The van der Waals surface area contributed by atoms with E-state index in [1.165, 1.54) is 22.3 Å². The Morgan fingerprint density at radius 3 is 2.70 bits per heavy atom.